The molecule has 0 aromatic rings. The van der Waals surface area contributed by atoms with Gasteiger partial charge in [-0.15, -0.1) is 0 Å². The van der Waals surface area contributed by atoms with Crippen molar-refractivity contribution in [2.75, 3.05) is 0 Å². The molecule has 0 aromatic heterocycles. The standard InChI is InChI=1S/C9H12O/c10-9-6-8(9)7-4-2-1-3-5-7/h2,4-5,8-10H,1,3,6H2. The molecule has 2 unspecified atom stereocenters. The minimum Gasteiger partial charge on any atom is -0.392 e. The van der Waals surface area contributed by atoms with E-state index in [1.54, 1.807) is 0 Å². The average molecular weight is 136 g/mol. The molecule has 1 heteroatoms. The van der Waals surface area contributed by atoms with Crippen LogP contribution >= 0.6 is 0 Å². The van der Waals surface area contributed by atoms with E-state index in [0.717, 1.165) is 12.8 Å². The zero-order valence-corrected chi connectivity index (χ0v) is 5.96. The maximum atomic E-state index is 9.10. The Morgan fingerprint density at radius 3 is 2.70 bits per heavy atom. The quantitative estimate of drug-likeness (QED) is 0.581. The smallest absolute Gasteiger partial charge is 0.0616 e. The van der Waals surface area contributed by atoms with Gasteiger partial charge in [0.2, 0.25) is 0 Å². The van der Waals surface area contributed by atoms with Crippen molar-refractivity contribution < 1.29 is 5.11 Å². The Morgan fingerprint density at radius 1 is 1.40 bits per heavy atom. The predicted octanol–water partition coefficient (Wildman–Crippen LogP) is 1.64. The highest BCUT2D eigenvalue weighted by molar-refractivity contribution is 5.30. The molecule has 0 bridgehead atoms. The molecule has 0 aromatic carbocycles. The van der Waals surface area contributed by atoms with Gasteiger partial charge in [-0.3, -0.25) is 0 Å². The number of hydrogen-bond acceptors (Lipinski definition) is 1. The van der Waals surface area contributed by atoms with Gasteiger partial charge in [-0.25, -0.2) is 0 Å². The summed E-state index contributed by atoms with van der Waals surface area (Å²) in [6, 6.07) is 0. The van der Waals surface area contributed by atoms with Gasteiger partial charge in [0.15, 0.2) is 0 Å². The van der Waals surface area contributed by atoms with E-state index in [0.29, 0.717) is 5.92 Å². The van der Waals surface area contributed by atoms with Gasteiger partial charge in [0.05, 0.1) is 6.10 Å². The predicted molar refractivity (Wildman–Crippen MR) is 40.6 cm³/mol. The lowest BCUT2D eigenvalue weighted by atomic mass is 10.0. The fraction of sp³-hybridized carbons (Fsp3) is 0.556. The van der Waals surface area contributed by atoms with Crippen LogP contribution in [0.25, 0.3) is 0 Å². The zero-order valence-electron chi connectivity index (χ0n) is 5.96. The molecular weight excluding hydrogens is 124 g/mol. The molecule has 10 heavy (non-hydrogen) atoms. The number of allylic oxidation sites excluding steroid dienone is 3. The molecule has 0 amide bonds. The van der Waals surface area contributed by atoms with E-state index in [1.165, 1.54) is 12.0 Å². The third kappa shape index (κ3) is 1.01. The number of aliphatic hydroxyl groups excluding tert-OH is 1. The Morgan fingerprint density at radius 2 is 2.20 bits per heavy atom. The first-order chi connectivity index (χ1) is 4.88. The molecule has 0 spiro atoms. The van der Waals surface area contributed by atoms with E-state index in [2.05, 4.69) is 18.2 Å². The van der Waals surface area contributed by atoms with Crippen LogP contribution in [0.4, 0.5) is 0 Å². The molecule has 1 fully saturated rings. The molecule has 1 saturated carbocycles. The third-order valence-corrected chi connectivity index (χ3v) is 2.21. The molecule has 2 rings (SSSR count). The summed E-state index contributed by atoms with van der Waals surface area (Å²) in [5.41, 5.74) is 1.36. The Balaban J connectivity index is 2.04. The highest BCUT2D eigenvalue weighted by Gasteiger charge is 2.37. The van der Waals surface area contributed by atoms with Crippen LogP contribution in [-0.4, -0.2) is 11.2 Å². The second kappa shape index (κ2) is 2.24. The summed E-state index contributed by atoms with van der Waals surface area (Å²) in [4.78, 5) is 0. The fourth-order valence-corrected chi connectivity index (χ4v) is 1.45. The maximum Gasteiger partial charge on any atom is 0.0616 e. The maximum absolute atomic E-state index is 9.10. The van der Waals surface area contributed by atoms with E-state index in [4.69, 9.17) is 5.11 Å². The third-order valence-electron chi connectivity index (χ3n) is 2.21. The molecule has 2 aliphatic carbocycles. The number of aliphatic hydroxyl groups is 1. The summed E-state index contributed by atoms with van der Waals surface area (Å²) < 4.78 is 0. The number of hydrogen-bond donors (Lipinski definition) is 1. The zero-order chi connectivity index (χ0) is 6.97. The Kier molecular flexibility index (Phi) is 1.38. The lowest BCUT2D eigenvalue weighted by Crippen LogP contribution is -1.91. The molecule has 0 aliphatic heterocycles. The highest BCUT2D eigenvalue weighted by atomic mass is 16.3. The lowest BCUT2D eigenvalue weighted by molar-refractivity contribution is 0.266. The molecule has 2 aliphatic rings. The van der Waals surface area contributed by atoms with Crippen LogP contribution in [0.5, 0.6) is 0 Å². The van der Waals surface area contributed by atoms with Crippen molar-refractivity contribution in [3.05, 3.63) is 23.8 Å². The fourth-order valence-electron chi connectivity index (χ4n) is 1.45. The van der Waals surface area contributed by atoms with E-state index < -0.39 is 0 Å². The van der Waals surface area contributed by atoms with Gasteiger partial charge in [0, 0.05) is 5.92 Å². The van der Waals surface area contributed by atoms with Gasteiger partial charge in [0.1, 0.15) is 0 Å². The van der Waals surface area contributed by atoms with Crippen LogP contribution in [0.3, 0.4) is 0 Å². The molecule has 1 nitrogen and oxygen atoms in total. The summed E-state index contributed by atoms with van der Waals surface area (Å²) >= 11 is 0. The van der Waals surface area contributed by atoms with E-state index >= 15 is 0 Å². The monoisotopic (exact) mass is 136 g/mol. The summed E-state index contributed by atoms with van der Waals surface area (Å²) in [7, 11) is 0. The molecule has 0 heterocycles. The number of rotatable bonds is 1. The summed E-state index contributed by atoms with van der Waals surface area (Å²) in [6.45, 7) is 0. The van der Waals surface area contributed by atoms with Gasteiger partial charge in [-0.2, -0.15) is 0 Å². The Labute approximate surface area is 61.1 Å². The van der Waals surface area contributed by atoms with Crippen LogP contribution in [0.1, 0.15) is 19.3 Å². The van der Waals surface area contributed by atoms with Gasteiger partial charge in [-0.05, 0) is 24.8 Å². The average Bonchev–Trinajstić information content (AvgIpc) is 2.69. The first-order valence-corrected chi connectivity index (χ1v) is 3.92. The first-order valence-electron chi connectivity index (χ1n) is 3.92. The van der Waals surface area contributed by atoms with Crippen molar-refractivity contribution in [3.63, 3.8) is 0 Å². The van der Waals surface area contributed by atoms with Crippen molar-refractivity contribution in [3.8, 4) is 0 Å². The molecule has 54 valence electrons. The minimum atomic E-state index is -0.0333. The molecular formula is C9H12O. The Hall–Kier alpha value is -0.560. The highest BCUT2D eigenvalue weighted by Crippen LogP contribution is 2.38. The van der Waals surface area contributed by atoms with Gasteiger partial charge >= 0.3 is 0 Å². The summed E-state index contributed by atoms with van der Waals surface area (Å²) in [5, 5.41) is 9.10. The second-order valence-electron chi connectivity index (χ2n) is 3.09. The first kappa shape index (κ1) is 6.17. The van der Waals surface area contributed by atoms with Gasteiger partial charge in [-0.1, -0.05) is 18.2 Å². The van der Waals surface area contributed by atoms with Crippen molar-refractivity contribution in [2.45, 2.75) is 25.4 Å². The van der Waals surface area contributed by atoms with Crippen LogP contribution in [0.2, 0.25) is 0 Å². The van der Waals surface area contributed by atoms with E-state index in [-0.39, 0.29) is 6.10 Å². The summed E-state index contributed by atoms with van der Waals surface area (Å²) in [5.74, 6) is 0.483. The van der Waals surface area contributed by atoms with Crippen LogP contribution in [0, 0.1) is 5.92 Å². The van der Waals surface area contributed by atoms with Gasteiger partial charge < -0.3 is 5.11 Å². The van der Waals surface area contributed by atoms with Crippen LogP contribution in [-0.2, 0) is 0 Å². The Bertz CT molecular complexity index is 191. The molecule has 0 radical (unpaired) electrons. The normalized spacial score (nSPS) is 37.5. The van der Waals surface area contributed by atoms with E-state index in [9.17, 15) is 0 Å². The van der Waals surface area contributed by atoms with Crippen molar-refractivity contribution >= 4 is 0 Å². The second-order valence-corrected chi connectivity index (χ2v) is 3.09. The van der Waals surface area contributed by atoms with Crippen LogP contribution in [0.15, 0.2) is 23.8 Å². The van der Waals surface area contributed by atoms with Crippen molar-refractivity contribution in [1.29, 1.82) is 0 Å². The van der Waals surface area contributed by atoms with Crippen LogP contribution < -0.4 is 0 Å². The van der Waals surface area contributed by atoms with Crippen molar-refractivity contribution in [2.24, 2.45) is 5.92 Å². The SMILES string of the molecule is OC1CC1C1=CCCC=C1. The molecule has 1 N–H and O–H groups in total. The molecule has 2 atom stereocenters. The van der Waals surface area contributed by atoms with E-state index in [1.807, 2.05) is 0 Å². The van der Waals surface area contributed by atoms with Crippen molar-refractivity contribution in [1.82, 2.24) is 0 Å². The topological polar surface area (TPSA) is 20.2 Å². The van der Waals surface area contributed by atoms with Gasteiger partial charge in [0.25, 0.3) is 0 Å². The summed E-state index contributed by atoms with van der Waals surface area (Å²) in [6.07, 6.45) is 9.89. The minimum absolute atomic E-state index is 0.0333. The largest absolute Gasteiger partial charge is 0.392 e. The lowest BCUT2D eigenvalue weighted by Gasteiger charge is -2.03. The molecule has 0 saturated heterocycles.